The molecule has 1 unspecified atom stereocenters. The predicted molar refractivity (Wildman–Crippen MR) is 124 cm³/mol. The lowest BCUT2D eigenvalue weighted by Gasteiger charge is -2.32. The van der Waals surface area contributed by atoms with Gasteiger partial charge in [-0.25, -0.2) is 9.59 Å². The topological polar surface area (TPSA) is 106 Å². The number of halogens is 1. The zero-order valence-corrected chi connectivity index (χ0v) is 19.5. The lowest BCUT2D eigenvalue weighted by molar-refractivity contribution is -0.136. The highest BCUT2D eigenvalue weighted by Gasteiger charge is 2.43. The van der Waals surface area contributed by atoms with Crippen LogP contribution in [0.15, 0.2) is 53.7 Å². The Bertz CT molecular complexity index is 1170. The number of rotatable bonds is 8. The molecule has 0 saturated heterocycles. The van der Waals surface area contributed by atoms with E-state index in [1.807, 2.05) is 12.1 Å². The van der Waals surface area contributed by atoms with Crippen LogP contribution in [-0.4, -0.2) is 56.7 Å². The number of methoxy groups -OCH3 is 2. The molecule has 178 valence electrons. The van der Waals surface area contributed by atoms with Crippen molar-refractivity contribution >= 4 is 29.5 Å². The van der Waals surface area contributed by atoms with Gasteiger partial charge in [0.15, 0.2) is 11.5 Å². The van der Waals surface area contributed by atoms with E-state index >= 15 is 0 Å². The molecule has 3 amide bonds. The third-order valence-electron chi connectivity index (χ3n) is 5.70. The van der Waals surface area contributed by atoms with E-state index in [2.05, 4.69) is 10.6 Å². The molecular weight excluding hydrogens is 462 g/mol. The molecular formula is C24H24ClN3O6. The van der Waals surface area contributed by atoms with Crippen LogP contribution in [0.25, 0.3) is 0 Å². The summed E-state index contributed by atoms with van der Waals surface area (Å²) in [5, 5.41) is 6.00. The van der Waals surface area contributed by atoms with E-state index < -0.39 is 18.0 Å². The fourth-order valence-corrected chi connectivity index (χ4v) is 4.25. The van der Waals surface area contributed by atoms with Crippen LogP contribution < -0.4 is 20.1 Å². The van der Waals surface area contributed by atoms with Gasteiger partial charge in [-0.15, -0.1) is 0 Å². The van der Waals surface area contributed by atoms with Crippen LogP contribution in [0.3, 0.4) is 0 Å². The summed E-state index contributed by atoms with van der Waals surface area (Å²) in [5.74, 6) is 0.324. The Kier molecular flexibility index (Phi) is 6.93. The number of carbonyl (C=O) groups is 3. The van der Waals surface area contributed by atoms with Crippen LogP contribution in [0.5, 0.6) is 11.5 Å². The summed E-state index contributed by atoms with van der Waals surface area (Å²) in [7, 11) is 3.12. The number of hydrogen-bond donors (Lipinski definition) is 2. The normalized spacial score (nSPS) is 17.1. The van der Waals surface area contributed by atoms with Gasteiger partial charge in [0.25, 0.3) is 0 Å². The van der Waals surface area contributed by atoms with Crippen LogP contribution >= 0.6 is 11.6 Å². The Labute approximate surface area is 201 Å². The van der Waals surface area contributed by atoms with Crippen molar-refractivity contribution in [1.29, 1.82) is 0 Å². The molecule has 0 fully saturated rings. The highest BCUT2D eigenvalue weighted by atomic mass is 35.5. The van der Waals surface area contributed by atoms with Crippen molar-refractivity contribution in [2.45, 2.75) is 12.5 Å². The fraction of sp³-hybridized carbons (Fsp3) is 0.292. The second kappa shape index (κ2) is 10.0. The molecule has 4 rings (SSSR count). The summed E-state index contributed by atoms with van der Waals surface area (Å²) in [4.78, 5) is 39.1. The number of nitrogens with one attached hydrogen (secondary N) is 2. The number of urea groups is 1. The van der Waals surface area contributed by atoms with Crippen molar-refractivity contribution in [1.82, 2.24) is 15.5 Å². The maximum Gasteiger partial charge on any atom is 0.338 e. The van der Waals surface area contributed by atoms with Gasteiger partial charge in [0, 0.05) is 11.6 Å². The van der Waals surface area contributed by atoms with Crippen LogP contribution in [-0.2, 0) is 20.7 Å². The first-order valence-corrected chi connectivity index (χ1v) is 11.0. The maximum atomic E-state index is 12.9. The van der Waals surface area contributed by atoms with Crippen LogP contribution in [0, 0.1) is 0 Å². The summed E-state index contributed by atoms with van der Waals surface area (Å²) >= 11 is 6.29. The maximum absolute atomic E-state index is 12.9. The summed E-state index contributed by atoms with van der Waals surface area (Å²) < 4.78 is 15.7. The monoisotopic (exact) mass is 485 g/mol. The van der Waals surface area contributed by atoms with Crippen LogP contribution in [0.1, 0.15) is 17.2 Å². The number of cyclic esters (lactones) is 1. The number of benzene rings is 2. The van der Waals surface area contributed by atoms with Gasteiger partial charge >= 0.3 is 12.0 Å². The summed E-state index contributed by atoms with van der Waals surface area (Å²) in [5.41, 5.74) is 2.19. The van der Waals surface area contributed by atoms with Crippen molar-refractivity contribution in [2.24, 2.45) is 0 Å². The molecule has 2 heterocycles. The Morgan fingerprint density at radius 3 is 2.68 bits per heavy atom. The summed E-state index contributed by atoms with van der Waals surface area (Å²) in [6, 6.07) is 11.2. The van der Waals surface area contributed by atoms with E-state index in [-0.39, 0.29) is 24.6 Å². The molecule has 10 heteroatoms. The van der Waals surface area contributed by atoms with Gasteiger partial charge in [-0.3, -0.25) is 9.69 Å². The molecule has 2 N–H and O–H groups in total. The van der Waals surface area contributed by atoms with Crippen LogP contribution in [0.4, 0.5) is 4.79 Å². The molecule has 9 nitrogen and oxygen atoms in total. The molecule has 0 spiro atoms. The van der Waals surface area contributed by atoms with Gasteiger partial charge in [0.1, 0.15) is 13.2 Å². The number of ether oxygens (including phenoxy) is 3. The summed E-state index contributed by atoms with van der Waals surface area (Å²) in [6.07, 6.45) is 0.558. The molecule has 0 bridgehead atoms. The number of carbonyl (C=O) groups excluding carboxylic acids is 3. The smallest absolute Gasteiger partial charge is 0.338 e. The fourth-order valence-electron chi connectivity index (χ4n) is 4.00. The quantitative estimate of drug-likeness (QED) is 0.557. The Morgan fingerprint density at radius 1 is 1.18 bits per heavy atom. The Hall–Kier alpha value is -3.72. The number of amides is 3. The Morgan fingerprint density at radius 2 is 1.94 bits per heavy atom. The first-order chi connectivity index (χ1) is 16.4. The standard InChI is InChI=1S/C24H24ClN3O6/c1-32-18-8-7-14(11-19(18)33-2)9-10-26-20(29)12-28-17-13-34-23(30)21(17)22(27-24(28)31)15-5-3-4-6-16(15)25/h3-8,11,22H,9-10,12-13H2,1-2H3,(H,26,29)(H,27,31). The minimum Gasteiger partial charge on any atom is -0.493 e. The molecule has 2 aromatic rings. The summed E-state index contributed by atoms with van der Waals surface area (Å²) in [6.45, 7) is 0.0251. The molecule has 2 aliphatic heterocycles. The van der Waals surface area contributed by atoms with Gasteiger partial charge in [0.2, 0.25) is 5.91 Å². The third-order valence-corrected chi connectivity index (χ3v) is 6.04. The minimum absolute atomic E-state index is 0.0819. The highest BCUT2D eigenvalue weighted by Crippen LogP contribution is 2.37. The van der Waals surface area contributed by atoms with E-state index in [0.29, 0.717) is 40.7 Å². The van der Waals surface area contributed by atoms with Crippen molar-refractivity contribution in [2.75, 3.05) is 33.9 Å². The second-order valence-electron chi connectivity index (χ2n) is 7.72. The lowest BCUT2D eigenvalue weighted by atomic mass is 9.95. The SMILES string of the molecule is COc1ccc(CCNC(=O)CN2C(=O)NC(c3ccccc3Cl)C3=C2COC3=O)cc1OC. The molecule has 0 aromatic heterocycles. The highest BCUT2D eigenvalue weighted by molar-refractivity contribution is 6.31. The zero-order chi connectivity index (χ0) is 24.2. The molecule has 0 aliphatic carbocycles. The first-order valence-electron chi connectivity index (χ1n) is 10.6. The number of esters is 1. The largest absolute Gasteiger partial charge is 0.493 e. The van der Waals surface area contributed by atoms with Crippen molar-refractivity contribution in [3.63, 3.8) is 0 Å². The molecule has 0 saturated carbocycles. The van der Waals surface area contributed by atoms with E-state index in [0.717, 1.165) is 5.56 Å². The van der Waals surface area contributed by atoms with Gasteiger partial charge in [0.05, 0.1) is 31.5 Å². The third kappa shape index (κ3) is 4.65. The van der Waals surface area contributed by atoms with E-state index in [9.17, 15) is 14.4 Å². The van der Waals surface area contributed by atoms with Gasteiger partial charge in [-0.05, 0) is 35.7 Å². The average Bonchev–Trinajstić information content (AvgIpc) is 3.22. The van der Waals surface area contributed by atoms with Crippen molar-refractivity contribution in [3.05, 3.63) is 69.9 Å². The van der Waals surface area contributed by atoms with E-state index in [4.69, 9.17) is 25.8 Å². The first kappa shape index (κ1) is 23.4. The molecule has 2 aromatic carbocycles. The molecule has 1 atom stereocenters. The Balaban J connectivity index is 1.43. The van der Waals surface area contributed by atoms with E-state index in [1.165, 1.54) is 4.90 Å². The van der Waals surface area contributed by atoms with E-state index in [1.54, 1.807) is 44.6 Å². The lowest BCUT2D eigenvalue weighted by Crippen LogP contribution is -2.50. The molecule has 0 radical (unpaired) electrons. The van der Waals surface area contributed by atoms with Crippen LogP contribution in [0.2, 0.25) is 5.02 Å². The predicted octanol–water partition coefficient (Wildman–Crippen LogP) is 2.59. The minimum atomic E-state index is -0.740. The van der Waals surface area contributed by atoms with Crippen molar-refractivity contribution < 1.29 is 28.6 Å². The number of hydrogen-bond acceptors (Lipinski definition) is 6. The van der Waals surface area contributed by atoms with Gasteiger partial charge in [-0.2, -0.15) is 0 Å². The molecule has 2 aliphatic rings. The average molecular weight is 486 g/mol. The van der Waals surface area contributed by atoms with Crippen molar-refractivity contribution in [3.8, 4) is 11.5 Å². The van der Waals surface area contributed by atoms with Gasteiger partial charge in [-0.1, -0.05) is 35.9 Å². The number of nitrogens with zero attached hydrogens (tertiary/aromatic N) is 1. The molecule has 34 heavy (non-hydrogen) atoms. The van der Waals surface area contributed by atoms with Gasteiger partial charge < -0.3 is 24.8 Å². The zero-order valence-electron chi connectivity index (χ0n) is 18.7. The second-order valence-corrected chi connectivity index (χ2v) is 8.12.